The highest BCUT2D eigenvalue weighted by atomic mass is 35.5. The highest BCUT2D eigenvalue weighted by Crippen LogP contribution is 2.19. The quantitative estimate of drug-likeness (QED) is 0.806. The van der Waals surface area contributed by atoms with E-state index in [2.05, 4.69) is 10.4 Å². The van der Waals surface area contributed by atoms with E-state index in [4.69, 9.17) is 16.7 Å². The normalized spacial score (nSPS) is 12.1. The number of halogens is 1. The van der Waals surface area contributed by atoms with Crippen molar-refractivity contribution in [2.24, 2.45) is 12.5 Å². The fourth-order valence-electron chi connectivity index (χ4n) is 1.44. The lowest BCUT2D eigenvalue weighted by molar-refractivity contribution is -0.116. The standard InChI is InChI=1S/C13H20ClN3O2/c1-9-10(12(14)17(4)16-9)5-6-11(19)15-7-13(2,3)8-18/h5-6,18H,7-8H2,1-4H3,(H,15,19)/b6-5+. The van der Waals surface area contributed by atoms with Crippen LogP contribution in [-0.2, 0) is 11.8 Å². The third-order valence-corrected chi connectivity index (χ3v) is 3.21. The van der Waals surface area contributed by atoms with Crippen molar-refractivity contribution < 1.29 is 9.90 Å². The summed E-state index contributed by atoms with van der Waals surface area (Å²) in [5.74, 6) is -0.221. The fraction of sp³-hybridized carbons (Fsp3) is 0.538. The Morgan fingerprint density at radius 3 is 2.68 bits per heavy atom. The summed E-state index contributed by atoms with van der Waals surface area (Å²) in [4.78, 5) is 11.7. The number of hydrogen-bond donors (Lipinski definition) is 2. The first kappa shape index (κ1) is 15.7. The SMILES string of the molecule is Cc1nn(C)c(Cl)c1/C=C/C(=O)NCC(C)(C)CO. The second-order valence-corrected chi connectivity index (χ2v) is 5.64. The van der Waals surface area contributed by atoms with Crippen LogP contribution in [0.15, 0.2) is 6.08 Å². The predicted octanol–water partition coefficient (Wildman–Crippen LogP) is 1.53. The molecular formula is C13H20ClN3O2. The first-order valence-corrected chi connectivity index (χ1v) is 6.40. The Bertz CT molecular complexity index is 492. The molecule has 2 N–H and O–H groups in total. The Labute approximate surface area is 118 Å². The molecule has 0 spiro atoms. The van der Waals surface area contributed by atoms with Crippen molar-refractivity contribution in [1.29, 1.82) is 0 Å². The lowest BCUT2D eigenvalue weighted by Gasteiger charge is -2.21. The molecule has 0 unspecified atom stereocenters. The summed E-state index contributed by atoms with van der Waals surface area (Å²) in [6, 6.07) is 0. The molecule has 0 saturated carbocycles. The summed E-state index contributed by atoms with van der Waals surface area (Å²) in [5.41, 5.74) is 1.18. The van der Waals surface area contributed by atoms with E-state index in [0.29, 0.717) is 11.7 Å². The molecule has 19 heavy (non-hydrogen) atoms. The molecule has 0 fully saturated rings. The first-order valence-electron chi connectivity index (χ1n) is 6.03. The number of aromatic nitrogens is 2. The van der Waals surface area contributed by atoms with Crippen LogP contribution in [0.4, 0.5) is 0 Å². The van der Waals surface area contributed by atoms with E-state index in [-0.39, 0.29) is 17.9 Å². The Morgan fingerprint density at radius 1 is 1.58 bits per heavy atom. The summed E-state index contributed by atoms with van der Waals surface area (Å²) < 4.78 is 1.56. The Hall–Kier alpha value is -1.33. The topological polar surface area (TPSA) is 67.2 Å². The van der Waals surface area contributed by atoms with Gasteiger partial charge in [-0.15, -0.1) is 0 Å². The first-order chi connectivity index (χ1) is 8.76. The maximum absolute atomic E-state index is 11.7. The Kier molecular flexibility index (Phi) is 5.14. The van der Waals surface area contributed by atoms with Gasteiger partial charge in [0, 0.05) is 37.3 Å². The highest BCUT2D eigenvalue weighted by Gasteiger charge is 2.16. The third kappa shape index (κ3) is 4.36. The average molecular weight is 286 g/mol. The maximum Gasteiger partial charge on any atom is 0.244 e. The monoisotopic (exact) mass is 285 g/mol. The number of carbonyl (C=O) groups excluding carboxylic acids is 1. The molecule has 5 nitrogen and oxygen atoms in total. The van der Waals surface area contributed by atoms with Crippen LogP contribution in [0.5, 0.6) is 0 Å². The second kappa shape index (κ2) is 6.21. The summed E-state index contributed by atoms with van der Waals surface area (Å²) >= 11 is 6.05. The number of nitrogens with zero attached hydrogens (tertiary/aromatic N) is 2. The molecule has 1 aromatic heterocycles. The van der Waals surface area contributed by atoms with Crippen molar-refractivity contribution in [2.45, 2.75) is 20.8 Å². The third-order valence-electron chi connectivity index (χ3n) is 2.77. The molecule has 0 radical (unpaired) electrons. The minimum absolute atomic E-state index is 0.0184. The van der Waals surface area contributed by atoms with Gasteiger partial charge in [-0.2, -0.15) is 5.10 Å². The molecule has 106 valence electrons. The second-order valence-electron chi connectivity index (χ2n) is 5.29. The molecule has 1 aromatic rings. The summed E-state index contributed by atoms with van der Waals surface area (Å²) in [5, 5.41) is 16.5. The van der Waals surface area contributed by atoms with Gasteiger partial charge >= 0.3 is 0 Å². The fourth-order valence-corrected chi connectivity index (χ4v) is 1.67. The Morgan fingerprint density at radius 2 is 2.21 bits per heavy atom. The number of hydrogen-bond acceptors (Lipinski definition) is 3. The minimum Gasteiger partial charge on any atom is -0.396 e. The molecule has 0 aromatic carbocycles. The number of aliphatic hydroxyl groups excluding tert-OH is 1. The molecule has 1 heterocycles. The molecule has 0 aliphatic heterocycles. The molecule has 0 saturated heterocycles. The van der Waals surface area contributed by atoms with Crippen LogP contribution in [0, 0.1) is 12.3 Å². The van der Waals surface area contributed by atoms with Crippen LogP contribution < -0.4 is 5.32 Å². The van der Waals surface area contributed by atoms with E-state index in [1.807, 2.05) is 20.8 Å². The van der Waals surface area contributed by atoms with Crippen LogP contribution in [0.1, 0.15) is 25.1 Å². The number of aryl methyl sites for hydroxylation is 2. The maximum atomic E-state index is 11.7. The van der Waals surface area contributed by atoms with Gasteiger partial charge in [-0.1, -0.05) is 25.4 Å². The van der Waals surface area contributed by atoms with Gasteiger partial charge in [0.1, 0.15) is 5.15 Å². The average Bonchev–Trinajstić information content (AvgIpc) is 2.59. The van der Waals surface area contributed by atoms with E-state index >= 15 is 0 Å². The summed E-state index contributed by atoms with van der Waals surface area (Å²) in [7, 11) is 1.75. The lowest BCUT2D eigenvalue weighted by Crippen LogP contribution is -2.35. The molecule has 0 aliphatic carbocycles. The van der Waals surface area contributed by atoms with Crippen molar-refractivity contribution in [3.8, 4) is 0 Å². The van der Waals surface area contributed by atoms with E-state index < -0.39 is 0 Å². The van der Waals surface area contributed by atoms with Crippen LogP contribution in [0.25, 0.3) is 6.08 Å². The smallest absolute Gasteiger partial charge is 0.244 e. The number of amides is 1. The van der Waals surface area contributed by atoms with Crippen LogP contribution in [-0.4, -0.2) is 33.9 Å². The van der Waals surface area contributed by atoms with Gasteiger partial charge in [-0.25, -0.2) is 0 Å². The van der Waals surface area contributed by atoms with E-state index in [1.54, 1.807) is 17.8 Å². The molecule has 0 atom stereocenters. The van der Waals surface area contributed by atoms with Gasteiger partial charge in [0.2, 0.25) is 5.91 Å². The Balaban J connectivity index is 2.64. The zero-order valence-corrected chi connectivity index (χ0v) is 12.5. The highest BCUT2D eigenvalue weighted by molar-refractivity contribution is 6.31. The van der Waals surface area contributed by atoms with Crippen LogP contribution in [0.2, 0.25) is 5.15 Å². The van der Waals surface area contributed by atoms with Crippen molar-refractivity contribution >= 4 is 23.6 Å². The zero-order valence-electron chi connectivity index (χ0n) is 11.7. The molecule has 1 amide bonds. The van der Waals surface area contributed by atoms with E-state index in [9.17, 15) is 4.79 Å². The van der Waals surface area contributed by atoms with Crippen LogP contribution in [0.3, 0.4) is 0 Å². The van der Waals surface area contributed by atoms with Gasteiger partial charge in [-0.05, 0) is 13.0 Å². The lowest BCUT2D eigenvalue weighted by atomic mass is 9.95. The number of rotatable bonds is 5. The van der Waals surface area contributed by atoms with Crippen LogP contribution >= 0.6 is 11.6 Å². The molecule has 6 heteroatoms. The van der Waals surface area contributed by atoms with Crippen molar-refractivity contribution in [3.05, 3.63) is 22.5 Å². The van der Waals surface area contributed by atoms with Gasteiger partial charge in [0.25, 0.3) is 0 Å². The summed E-state index contributed by atoms with van der Waals surface area (Å²) in [6.07, 6.45) is 3.06. The van der Waals surface area contributed by atoms with E-state index in [1.165, 1.54) is 6.08 Å². The minimum atomic E-state index is -0.328. The van der Waals surface area contributed by atoms with Gasteiger partial charge in [-0.3, -0.25) is 9.48 Å². The van der Waals surface area contributed by atoms with Crippen molar-refractivity contribution in [1.82, 2.24) is 15.1 Å². The predicted molar refractivity (Wildman–Crippen MR) is 75.9 cm³/mol. The van der Waals surface area contributed by atoms with E-state index in [0.717, 1.165) is 11.3 Å². The number of nitrogens with one attached hydrogen (secondary N) is 1. The molecule has 0 aliphatic rings. The molecule has 0 bridgehead atoms. The number of aliphatic hydroxyl groups is 1. The molecule has 1 rings (SSSR count). The van der Waals surface area contributed by atoms with Gasteiger partial charge in [0.05, 0.1) is 5.69 Å². The van der Waals surface area contributed by atoms with Gasteiger partial charge < -0.3 is 10.4 Å². The van der Waals surface area contributed by atoms with Crippen molar-refractivity contribution in [3.63, 3.8) is 0 Å². The largest absolute Gasteiger partial charge is 0.396 e. The number of carbonyl (C=O) groups is 1. The summed E-state index contributed by atoms with van der Waals surface area (Å²) in [6.45, 7) is 6.01. The van der Waals surface area contributed by atoms with Crippen molar-refractivity contribution in [2.75, 3.05) is 13.2 Å². The van der Waals surface area contributed by atoms with Gasteiger partial charge in [0.15, 0.2) is 0 Å². The molecular weight excluding hydrogens is 266 g/mol. The zero-order chi connectivity index (χ0) is 14.6.